The van der Waals surface area contributed by atoms with Gasteiger partial charge < -0.3 is 15.4 Å². The molecule has 3 saturated heterocycles. The third kappa shape index (κ3) is 1.81. The van der Waals surface area contributed by atoms with Gasteiger partial charge in [0.15, 0.2) is 0 Å². The van der Waals surface area contributed by atoms with Crippen molar-refractivity contribution in [1.29, 1.82) is 0 Å². The molecular formula is C13H21N3O3. The number of nitrogens with one attached hydrogen (secondary N) is 2. The first-order valence-electron chi connectivity index (χ1n) is 6.76. The van der Waals surface area contributed by atoms with Crippen molar-refractivity contribution in [3.8, 4) is 0 Å². The molecule has 6 nitrogen and oxygen atoms in total. The first-order chi connectivity index (χ1) is 8.77. The van der Waals surface area contributed by atoms with Crippen LogP contribution < -0.4 is 10.6 Å². The molecule has 3 aliphatic heterocycles. The Morgan fingerprint density at radius 2 is 2.00 bits per heavy atom. The molecular weight excluding hydrogens is 246 g/mol. The predicted octanol–water partition coefficient (Wildman–Crippen LogP) is 0.0854. The topological polar surface area (TPSA) is 70.7 Å². The van der Waals surface area contributed by atoms with E-state index in [4.69, 9.17) is 4.74 Å². The van der Waals surface area contributed by atoms with E-state index in [0.717, 1.165) is 19.5 Å². The molecule has 6 heteroatoms. The molecule has 0 saturated carbocycles. The van der Waals surface area contributed by atoms with Gasteiger partial charge in [0.25, 0.3) is 0 Å². The second-order valence-corrected chi connectivity index (χ2v) is 7.03. The van der Waals surface area contributed by atoms with Gasteiger partial charge in [-0.2, -0.15) is 0 Å². The van der Waals surface area contributed by atoms with Gasteiger partial charge in [0.1, 0.15) is 5.60 Å². The molecule has 106 valence electrons. The maximum atomic E-state index is 12.3. The summed E-state index contributed by atoms with van der Waals surface area (Å²) >= 11 is 0. The highest BCUT2D eigenvalue weighted by Crippen LogP contribution is 2.47. The van der Waals surface area contributed by atoms with Gasteiger partial charge >= 0.3 is 6.09 Å². The van der Waals surface area contributed by atoms with Crippen molar-refractivity contribution in [2.75, 3.05) is 26.2 Å². The Kier molecular flexibility index (Phi) is 2.43. The van der Waals surface area contributed by atoms with E-state index in [-0.39, 0.29) is 23.0 Å². The van der Waals surface area contributed by atoms with Crippen molar-refractivity contribution < 1.29 is 14.3 Å². The Morgan fingerprint density at radius 3 is 2.37 bits per heavy atom. The van der Waals surface area contributed by atoms with Gasteiger partial charge in [-0.1, -0.05) is 0 Å². The standard InChI is InChI=1S/C13H21N3O3/c1-11(2,3)19-10(18)16-8-12(5-15-9(12)17)4-13(16)6-14-7-13/h14H,4-8H2,1-3H3,(H,15,17). The summed E-state index contributed by atoms with van der Waals surface area (Å²) in [6.07, 6.45) is 0.448. The molecule has 0 aliphatic carbocycles. The van der Waals surface area contributed by atoms with Crippen LogP contribution in [0.5, 0.6) is 0 Å². The number of amides is 2. The summed E-state index contributed by atoms with van der Waals surface area (Å²) in [5, 5.41) is 6.01. The van der Waals surface area contributed by atoms with Crippen molar-refractivity contribution in [2.45, 2.75) is 38.3 Å². The van der Waals surface area contributed by atoms with Gasteiger partial charge in [-0.15, -0.1) is 0 Å². The second kappa shape index (κ2) is 3.62. The number of nitrogens with zero attached hydrogens (tertiary/aromatic N) is 1. The number of likely N-dealkylation sites (tertiary alicyclic amines) is 1. The Bertz CT molecular complexity index is 439. The number of hydrogen-bond acceptors (Lipinski definition) is 4. The van der Waals surface area contributed by atoms with Crippen LogP contribution in [0.25, 0.3) is 0 Å². The fourth-order valence-corrected chi connectivity index (χ4v) is 3.24. The van der Waals surface area contributed by atoms with Gasteiger partial charge in [0.05, 0.1) is 11.0 Å². The Morgan fingerprint density at radius 1 is 1.32 bits per heavy atom. The molecule has 2 spiro atoms. The Hall–Kier alpha value is -1.30. The van der Waals surface area contributed by atoms with Crippen LogP contribution in [0.15, 0.2) is 0 Å². The number of hydrogen-bond donors (Lipinski definition) is 2. The maximum Gasteiger partial charge on any atom is 0.410 e. The van der Waals surface area contributed by atoms with Crippen molar-refractivity contribution in [1.82, 2.24) is 15.5 Å². The number of carbonyl (C=O) groups is 2. The summed E-state index contributed by atoms with van der Waals surface area (Å²) in [4.78, 5) is 25.9. The Balaban J connectivity index is 1.80. The molecule has 0 aromatic carbocycles. The molecule has 3 aliphatic rings. The number of β-lactam (4-membered cyclic amide) rings is 1. The minimum atomic E-state index is -0.507. The summed E-state index contributed by atoms with van der Waals surface area (Å²) in [7, 11) is 0. The van der Waals surface area contributed by atoms with Gasteiger partial charge in [-0.05, 0) is 27.2 Å². The van der Waals surface area contributed by atoms with Gasteiger partial charge in [-0.25, -0.2) is 4.79 Å². The van der Waals surface area contributed by atoms with E-state index in [1.807, 2.05) is 20.8 Å². The van der Waals surface area contributed by atoms with Crippen LogP contribution in [0.2, 0.25) is 0 Å². The van der Waals surface area contributed by atoms with Crippen LogP contribution in [-0.2, 0) is 9.53 Å². The zero-order chi connectivity index (χ0) is 13.9. The fraction of sp³-hybridized carbons (Fsp3) is 0.846. The van der Waals surface area contributed by atoms with E-state index in [2.05, 4.69) is 10.6 Å². The van der Waals surface area contributed by atoms with Crippen molar-refractivity contribution >= 4 is 12.0 Å². The molecule has 3 heterocycles. The predicted molar refractivity (Wildman–Crippen MR) is 68.6 cm³/mol. The lowest BCUT2D eigenvalue weighted by Crippen LogP contribution is -2.67. The molecule has 1 atom stereocenters. The summed E-state index contributed by atoms with van der Waals surface area (Å²) < 4.78 is 5.48. The van der Waals surface area contributed by atoms with E-state index < -0.39 is 5.60 Å². The highest BCUT2D eigenvalue weighted by atomic mass is 16.6. The molecule has 0 radical (unpaired) electrons. The molecule has 2 amide bonds. The smallest absolute Gasteiger partial charge is 0.410 e. The molecule has 2 N–H and O–H groups in total. The first-order valence-corrected chi connectivity index (χ1v) is 6.76. The Labute approximate surface area is 112 Å². The van der Waals surface area contributed by atoms with E-state index in [0.29, 0.717) is 13.1 Å². The molecule has 0 aromatic rings. The number of carbonyl (C=O) groups excluding carboxylic acids is 2. The third-order valence-corrected chi connectivity index (χ3v) is 4.29. The molecule has 3 rings (SSSR count). The van der Waals surface area contributed by atoms with Crippen LogP contribution in [0.3, 0.4) is 0 Å². The molecule has 19 heavy (non-hydrogen) atoms. The maximum absolute atomic E-state index is 12.3. The van der Waals surface area contributed by atoms with E-state index >= 15 is 0 Å². The molecule has 1 unspecified atom stereocenters. The summed E-state index contributed by atoms with van der Waals surface area (Å²) in [5.74, 6) is 0.0739. The van der Waals surface area contributed by atoms with Crippen molar-refractivity contribution in [2.24, 2.45) is 5.41 Å². The third-order valence-electron chi connectivity index (χ3n) is 4.29. The highest BCUT2D eigenvalue weighted by Gasteiger charge is 2.64. The fourth-order valence-electron chi connectivity index (χ4n) is 3.24. The lowest BCUT2D eigenvalue weighted by molar-refractivity contribution is -0.139. The van der Waals surface area contributed by atoms with Crippen LogP contribution >= 0.6 is 0 Å². The van der Waals surface area contributed by atoms with Gasteiger partial charge in [-0.3, -0.25) is 9.69 Å². The SMILES string of the molecule is CC(C)(C)OC(=O)N1CC2(CNC2=O)CC12CNC2. The highest BCUT2D eigenvalue weighted by molar-refractivity contribution is 5.90. The lowest BCUT2D eigenvalue weighted by Gasteiger charge is -2.46. The van der Waals surface area contributed by atoms with Gasteiger partial charge in [0, 0.05) is 26.2 Å². The zero-order valence-corrected chi connectivity index (χ0v) is 11.7. The van der Waals surface area contributed by atoms with Crippen LogP contribution in [0.4, 0.5) is 4.79 Å². The van der Waals surface area contributed by atoms with Crippen molar-refractivity contribution in [3.05, 3.63) is 0 Å². The van der Waals surface area contributed by atoms with E-state index in [9.17, 15) is 9.59 Å². The van der Waals surface area contributed by atoms with Gasteiger partial charge in [0.2, 0.25) is 5.91 Å². The summed E-state index contributed by atoms with van der Waals surface area (Å²) in [6.45, 7) is 8.24. The second-order valence-electron chi connectivity index (χ2n) is 7.03. The van der Waals surface area contributed by atoms with E-state index in [1.165, 1.54) is 0 Å². The summed E-state index contributed by atoms with van der Waals surface area (Å²) in [5.41, 5.74) is -1.10. The number of rotatable bonds is 0. The number of ether oxygens (including phenoxy) is 1. The lowest BCUT2D eigenvalue weighted by atomic mass is 9.73. The molecule has 0 aromatic heterocycles. The minimum absolute atomic E-state index is 0.0739. The first kappa shape index (κ1) is 12.7. The minimum Gasteiger partial charge on any atom is -0.444 e. The van der Waals surface area contributed by atoms with Crippen LogP contribution in [0, 0.1) is 5.41 Å². The van der Waals surface area contributed by atoms with E-state index in [1.54, 1.807) is 4.90 Å². The molecule has 0 bridgehead atoms. The van der Waals surface area contributed by atoms with Crippen LogP contribution in [0.1, 0.15) is 27.2 Å². The monoisotopic (exact) mass is 267 g/mol. The average Bonchev–Trinajstić information content (AvgIpc) is 2.63. The van der Waals surface area contributed by atoms with Crippen molar-refractivity contribution in [3.63, 3.8) is 0 Å². The summed E-state index contributed by atoms with van der Waals surface area (Å²) in [6, 6.07) is 0. The zero-order valence-electron chi connectivity index (χ0n) is 11.7. The largest absolute Gasteiger partial charge is 0.444 e. The molecule has 3 fully saturated rings. The van der Waals surface area contributed by atoms with Crippen LogP contribution in [-0.4, -0.2) is 54.2 Å². The quantitative estimate of drug-likeness (QED) is 0.610. The normalized spacial score (nSPS) is 31.9. The average molecular weight is 267 g/mol.